The number of piperidine rings is 1. The highest BCUT2D eigenvalue weighted by Crippen LogP contribution is 2.30. The van der Waals surface area contributed by atoms with E-state index in [1.165, 1.54) is 96.3 Å². The molecule has 1 atom stereocenters. The van der Waals surface area contributed by atoms with Crippen molar-refractivity contribution in [1.82, 2.24) is 15.1 Å². The minimum absolute atomic E-state index is 0.124. The lowest BCUT2D eigenvalue weighted by molar-refractivity contribution is -0.147. The number of rotatable bonds is 28. The summed E-state index contributed by atoms with van der Waals surface area (Å²) in [4.78, 5) is 33.2. The normalized spacial score (nSPS) is 15.2. The maximum atomic E-state index is 14.3. The molecule has 0 aromatic rings. The standard InChI is InChI=1S/C38H75N3O2/c1-6-11-15-18-21-23-26-35(27-24-22-19-16-12-7-2)41(36(42)28-25-20-17-13-8-3)37(38(43)39-31-14-9-4)34-29-32-40(10-5)33-30-34/h34-35,37H,6-33H2,1-5H3,(H,39,43). The second-order valence-corrected chi connectivity index (χ2v) is 13.6. The molecule has 1 N–H and O–H groups in total. The topological polar surface area (TPSA) is 52.7 Å². The molecule has 0 aromatic carbocycles. The van der Waals surface area contributed by atoms with Gasteiger partial charge in [-0.05, 0) is 64.1 Å². The first-order chi connectivity index (χ1) is 21.0. The summed E-state index contributed by atoms with van der Waals surface area (Å²) in [5.74, 6) is 0.635. The summed E-state index contributed by atoms with van der Waals surface area (Å²) in [6.07, 6.45) is 27.8. The molecular formula is C38H75N3O2. The van der Waals surface area contributed by atoms with Crippen LogP contribution < -0.4 is 5.32 Å². The van der Waals surface area contributed by atoms with Crippen molar-refractivity contribution in [1.29, 1.82) is 0 Å². The van der Waals surface area contributed by atoms with Crippen LogP contribution in [0.2, 0.25) is 0 Å². The fraction of sp³-hybridized carbons (Fsp3) is 0.947. The third-order valence-electron chi connectivity index (χ3n) is 9.88. The monoisotopic (exact) mass is 606 g/mol. The van der Waals surface area contributed by atoms with Crippen molar-refractivity contribution < 1.29 is 9.59 Å². The van der Waals surface area contributed by atoms with Gasteiger partial charge in [0.25, 0.3) is 0 Å². The zero-order valence-corrected chi connectivity index (χ0v) is 29.7. The first kappa shape index (κ1) is 39.9. The van der Waals surface area contributed by atoms with Gasteiger partial charge in [0, 0.05) is 19.0 Å². The van der Waals surface area contributed by atoms with E-state index in [1.54, 1.807) is 0 Å². The molecule has 0 aliphatic carbocycles. The second kappa shape index (κ2) is 27.2. The number of carbonyl (C=O) groups excluding carboxylic acids is 2. The predicted octanol–water partition coefficient (Wildman–Crippen LogP) is 10.1. The van der Waals surface area contributed by atoms with Crippen LogP contribution in [0.5, 0.6) is 0 Å². The molecule has 0 spiro atoms. The van der Waals surface area contributed by atoms with E-state index in [9.17, 15) is 9.59 Å². The molecule has 1 heterocycles. The van der Waals surface area contributed by atoms with E-state index in [0.717, 1.165) is 77.5 Å². The van der Waals surface area contributed by atoms with Gasteiger partial charge in [0.2, 0.25) is 11.8 Å². The Bertz CT molecular complexity index is 646. The van der Waals surface area contributed by atoms with Crippen molar-refractivity contribution in [3.05, 3.63) is 0 Å². The Morgan fingerprint density at radius 3 is 1.60 bits per heavy atom. The van der Waals surface area contributed by atoms with Crippen LogP contribution >= 0.6 is 0 Å². The highest BCUT2D eigenvalue weighted by atomic mass is 16.2. The molecule has 2 amide bonds. The van der Waals surface area contributed by atoms with Gasteiger partial charge in [-0.25, -0.2) is 0 Å². The summed E-state index contributed by atoms with van der Waals surface area (Å²) >= 11 is 0. The van der Waals surface area contributed by atoms with E-state index in [0.29, 0.717) is 6.42 Å². The van der Waals surface area contributed by atoms with Gasteiger partial charge in [0.05, 0.1) is 0 Å². The highest BCUT2D eigenvalue weighted by molar-refractivity contribution is 5.88. The predicted molar refractivity (Wildman–Crippen MR) is 187 cm³/mol. The average Bonchev–Trinajstić information content (AvgIpc) is 3.02. The van der Waals surface area contributed by atoms with E-state index in [-0.39, 0.29) is 29.8 Å². The van der Waals surface area contributed by atoms with Crippen LogP contribution in [-0.4, -0.2) is 59.9 Å². The first-order valence-corrected chi connectivity index (χ1v) is 19.3. The maximum absolute atomic E-state index is 14.3. The van der Waals surface area contributed by atoms with Crippen LogP contribution in [0, 0.1) is 5.92 Å². The molecule has 254 valence electrons. The highest BCUT2D eigenvalue weighted by Gasteiger charge is 2.40. The van der Waals surface area contributed by atoms with Crippen LogP contribution in [0.25, 0.3) is 0 Å². The first-order valence-electron chi connectivity index (χ1n) is 19.3. The van der Waals surface area contributed by atoms with Crippen LogP contribution in [0.15, 0.2) is 0 Å². The van der Waals surface area contributed by atoms with Gasteiger partial charge in [0.15, 0.2) is 0 Å². The minimum atomic E-state index is -0.316. The van der Waals surface area contributed by atoms with Crippen molar-refractivity contribution >= 4 is 11.8 Å². The molecule has 43 heavy (non-hydrogen) atoms. The van der Waals surface area contributed by atoms with Gasteiger partial charge in [-0.15, -0.1) is 0 Å². The molecule has 1 fully saturated rings. The van der Waals surface area contributed by atoms with Crippen molar-refractivity contribution in [2.24, 2.45) is 5.92 Å². The third-order valence-corrected chi connectivity index (χ3v) is 9.88. The van der Waals surface area contributed by atoms with E-state index in [2.05, 4.69) is 49.7 Å². The molecule has 1 aliphatic heterocycles. The fourth-order valence-electron chi connectivity index (χ4n) is 6.98. The van der Waals surface area contributed by atoms with Crippen LogP contribution in [-0.2, 0) is 9.59 Å². The van der Waals surface area contributed by atoms with Gasteiger partial charge in [0.1, 0.15) is 6.04 Å². The van der Waals surface area contributed by atoms with Gasteiger partial charge >= 0.3 is 0 Å². The molecule has 0 aromatic heterocycles. The van der Waals surface area contributed by atoms with Crippen molar-refractivity contribution in [2.45, 2.75) is 201 Å². The zero-order chi connectivity index (χ0) is 31.5. The Balaban J connectivity index is 3.24. The number of hydrogen-bond acceptors (Lipinski definition) is 3. The Kier molecular flexibility index (Phi) is 25.3. The molecule has 1 rings (SSSR count). The van der Waals surface area contributed by atoms with Gasteiger partial charge in [-0.1, -0.05) is 144 Å². The lowest BCUT2D eigenvalue weighted by atomic mass is 9.85. The second-order valence-electron chi connectivity index (χ2n) is 13.6. The van der Waals surface area contributed by atoms with E-state index < -0.39 is 0 Å². The van der Waals surface area contributed by atoms with Crippen molar-refractivity contribution in [2.75, 3.05) is 26.2 Å². The van der Waals surface area contributed by atoms with Gasteiger partial charge in [-0.3, -0.25) is 9.59 Å². The summed E-state index contributed by atoms with van der Waals surface area (Å²) < 4.78 is 0. The van der Waals surface area contributed by atoms with Crippen molar-refractivity contribution in [3.63, 3.8) is 0 Å². The largest absolute Gasteiger partial charge is 0.354 e. The minimum Gasteiger partial charge on any atom is -0.354 e. The van der Waals surface area contributed by atoms with Crippen molar-refractivity contribution in [3.8, 4) is 0 Å². The van der Waals surface area contributed by atoms with Crippen LogP contribution in [0.3, 0.4) is 0 Å². The molecule has 0 saturated carbocycles. The molecule has 5 nitrogen and oxygen atoms in total. The lowest BCUT2D eigenvalue weighted by Gasteiger charge is -2.44. The fourth-order valence-corrected chi connectivity index (χ4v) is 6.98. The quantitative estimate of drug-likeness (QED) is 0.0903. The number of hydrogen-bond donors (Lipinski definition) is 1. The van der Waals surface area contributed by atoms with Crippen LogP contribution in [0.4, 0.5) is 0 Å². The third kappa shape index (κ3) is 17.8. The number of likely N-dealkylation sites (tertiary alicyclic amines) is 1. The van der Waals surface area contributed by atoms with Gasteiger partial charge < -0.3 is 15.1 Å². The molecule has 1 saturated heterocycles. The molecule has 1 aliphatic rings. The summed E-state index contributed by atoms with van der Waals surface area (Å²) in [5, 5.41) is 3.31. The lowest BCUT2D eigenvalue weighted by Crippen LogP contribution is -2.58. The smallest absolute Gasteiger partial charge is 0.243 e. The molecule has 0 bridgehead atoms. The number of nitrogens with one attached hydrogen (secondary N) is 1. The summed E-state index contributed by atoms with van der Waals surface area (Å²) in [6.45, 7) is 15.1. The SMILES string of the molecule is CCCCCCCCC(CCCCCCCC)N(C(=O)CCCCCCC)C(C(=O)NCCCC)C1CCN(CC)CC1. The number of amides is 2. The van der Waals surface area contributed by atoms with Gasteiger partial charge in [-0.2, -0.15) is 0 Å². The Morgan fingerprint density at radius 2 is 1.12 bits per heavy atom. The Hall–Kier alpha value is -1.10. The van der Waals surface area contributed by atoms with E-state index >= 15 is 0 Å². The number of unbranched alkanes of at least 4 members (excludes halogenated alkanes) is 15. The van der Waals surface area contributed by atoms with E-state index in [1.807, 2.05) is 0 Å². The summed E-state index contributed by atoms with van der Waals surface area (Å²) in [6, 6.07) is -0.129. The number of nitrogens with zero attached hydrogens (tertiary/aromatic N) is 2. The zero-order valence-electron chi connectivity index (χ0n) is 29.7. The van der Waals surface area contributed by atoms with Crippen LogP contribution in [0.1, 0.15) is 189 Å². The number of carbonyl (C=O) groups is 2. The van der Waals surface area contributed by atoms with E-state index in [4.69, 9.17) is 0 Å². The maximum Gasteiger partial charge on any atom is 0.243 e. The summed E-state index contributed by atoms with van der Waals surface area (Å²) in [5.41, 5.74) is 0. The molecule has 1 unspecified atom stereocenters. The Morgan fingerprint density at radius 1 is 0.651 bits per heavy atom. The Labute approximate surface area is 269 Å². The average molecular weight is 606 g/mol. The molecular weight excluding hydrogens is 530 g/mol. The summed E-state index contributed by atoms with van der Waals surface area (Å²) in [7, 11) is 0. The molecule has 0 radical (unpaired) electrons. The molecule has 5 heteroatoms.